The molecule has 1 N–H and O–H groups in total. The van der Waals surface area contributed by atoms with Gasteiger partial charge in [0.05, 0.1) is 6.04 Å². The Hall–Kier alpha value is -1.10. The van der Waals surface area contributed by atoms with Crippen molar-refractivity contribution in [2.75, 3.05) is 26.2 Å². The molecule has 134 valence electrons. The molecule has 0 radical (unpaired) electrons. The zero-order valence-electron chi connectivity index (χ0n) is 15.3. The number of rotatable bonds is 6. The molecule has 1 aromatic rings. The van der Waals surface area contributed by atoms with Crippen molar-refractivity contribution in [3.63, 3.8) is 0 Å². The largest absolute Gasteiger partial charge is 0.350 e. The van der Waals surface area contributed by atoms with Crippen LogP contribution in [0.5, 0.6) is 0 Å². The smallest absolute Gasteiger partial charge is 0.237 e. The Bertz CT molecular complexity index is 536. The molecule has 1 heterocycles. The van der Waals surface area contributed by atoms with Crippen LogP contribution in [0.4, 0.5) is 0 Å². The van der Waals surface area contributed by atoms with Crippen LogP contribution >= 0.6 is 11.6 Å². The van der Waals surface area contributed by atoms with Gasteiger partial charge in [0, 0.05) is 43.3 Å². The number of nitrogens with one attached hydrogen (secondary N) is 1. The van der Waals surface area contributed by atoms with Crippen molar-refractivity contribution in [3.05, 3.63) is 34.9 Å². The maximum absolute atomic E-state index is 12.4. The predicted octanol–water partition coefficient (Wildman–Crippen LogP) is 3.15. The summed E-state index contributed by atoms with van der Waals surface area (Å²) in [6.45, 7) is 13.0. The first kappa shape index (κ1) is 19.2. The van der Waals surface area contributed by atoms with E-state index in [2.05, 4.69) is 48.0 Å². The van der Waals surface area contributed by atoms with Crippen molar-refractivity contribution in [1.82, 2.24) is 15.1 Å². The molecular weight excluding hydrogens is 322 g/mol. The molecule has 0 spiro atoms. The van der Waals surface area contributed by atoms with Crippen molar-refractivity contribution >= 4 is 17.5 Å². The van der Waals surface area contributed by atoms with E-state index in [0.29, 0.717) is 0 Å². The lowest BCUT2D eigenvalue weighted by atomic mass is 10.0. The van der Waals surface area contributed by atoms with Gasteiger partial charge in [-0.05, 0) is 44.9 Å². The summed E-state index contributed by atoms with van der Waals surface area (Å²) in [6, 6.07) is 7.97. The van der Waals surface area contributed by atoms with Crippen LogP contribution in [-0.2, 0) is 11.3 Å². The van der Waals surface area contributed by atoms with Gasteiger partial charge in [0.1, 0.15) is 0 Å². The summed E-state index contributed by atoms with van der Waals surface area (Å²) in [7, 11) is 0. The standard InChI is InChI=1S/C19H30ClN3O/c1-5-19(3,4)21-18(24)15(2)23-12-10-22(11-13-23)14-16-6-8-17(20)9-7-16/h6-9,15H,5,10-14H2,1-4H3,(H,21,24). The molecule has 2 rings (SSSR count). The Morgan fingerprint density at radius 3 is 2.33 bits per heavy atom. The molecule has 4 nitrogen and oxygen atoms in total. The summed E-state index contributed by atoms with van der Waals surface area (Å²) in [6.07, 6.45) is 0.931. The number of carbonyl (C=O) groups is 1. The van der Waals surface area contributed by atoms with E-state index in [1.165, 1.54) is 5.56 Å². The van der Waals surface area contributed by atoms with Crippen molar-refractivity contribution < 1.29 is 4.79 Å². The Balaban J connectivity index is 1.81. The first-order valence-electron chi connectivity index (χ1n) is 8.83. The molecule has 0 saturated carbocycles. The normalized spacial score (nSPS) is 18.4. The summed E-state index contributed by atoms with van der Waals surface area (Å²) >= 11 is 5.94. The Kier molecular flexibility index (Phi) is 6.67. The zero-order chi connectivity index (χ0) is 17.7. The van der Waals surface area contributed by atoms with Gasteiger partial charge in [0.15, 0.2) is 0 Å². The fraction of sp³-hybridized carbons (Fsp3) is 0.632. The SMILES string of the molecule is CCC(C)(C)NC(=O)C(C)N1CCN(Cc2ccc(Cl)cc2)CC1. The lowest BCUT2D eigenvalue weighted by Gasteiger charge is -2.38. The van der Waals surface area contributed by atoms with Gasteiger partial charge in [-0.25, -0.2) is 0 Å². The number of benzene rings is 1. The topological polar surface area (TPSA) is 35.6 Å². The lowest BCUT2D eigenvalue weighted by Crippen LogP contribution is -2.56. The second kappa shape index (κ2) is 8.32. The van der Waals surface area contributed by atoms with Gasteiger partial charge in [0.2, 0.25) is 5.91 Å². The maximum atomic E-state index is 12.4. The molecule has 1 fully saturated rings. The van der Waals surface area contributed by atoms with Crippen LogP contribution in [0.3, 0.4) is 0 Å². The van der Waals surface area contributed by atoms with E-state index in [-0.39, 0.29) is 17.5 Å². The first-order valence-corrected chi connectivity index (χ1v) is 9.21. The minimum atomic E-state index is -0.137. The van der Waals surface area contributed by atoms with Crippen LogP contribution in [0.25, 0.3) is 0 Å². The summed E-state index contributed by atoms with van der Waals surface area (Å²) < 4.78 is 0. The fourth-order valence-electron chi connectivity index (χ4n) is 2.85. The van der Waals surface area contributed by atoms with Crippen LogP contribution in [-0.4, -0.2) is 53.5 Å². The highest BCUT2D eigenvalue weighted by atomic mass is 35.5. The monoisotopic (exact) mass is 351 g/mol. The summed E-state index contributed by atoms with van der Waals surface area (Å²) in [5.74, 6) is 0.132. The van der Waals surface area contributed by atoms with E-state index in [4.69, 9.17) is 11.6 Å². The summed E-state index contributed by atoms with van der Waals surface area (Å²) in [5, 5.41) is 3.93. The van der Waals surface area contributed by atoms with E-state index < -0.39 is 0 Å². The second-order valence-corrected chi connectivity index (χ2v) is 7.78. The van der Waals surface area contributed by atoms with Crippen molar-refractivity contribution in [3.8, 4) is 0 Å². The average molecular weight is 352 g/mol. The summed E-state index contributed by atoms with van der Waals surface area (Å²) in [5.41, 5.74) is 1.14. The van der Waals surface area contributed by atoms with Crippen molar-refractivity contribution in [2.24, 2.45) is 0 Å². The number of piperazine rings is 1. The van der Waals surface area contributed by atoms with E-state index >= 15 is 0 Å². The van der Waals surface area contributed by atoms with Gasteiger partial charge in [-0.3, -0.25) is 14.6 Å². The molecule has 1 aliphatic rings. The van der Waals surface area contributed by atoms with Crippen LogP contribution < -0.4 is 5.32 Å². The molecule has 1 atom stereocenters. The number of hydrogen-bond acceptors (Lipinski definition) is 3. The van der Waals surface area contributed by atoms with E-state index in [1.54, 1.807) is 0 Å². The minimum absolute atomic E-state index is 0.0755. The second-order valence-electron chi connectivity index (χ2n) is 7.34. The molecule has 1 saturated heterocycles. The Morgan fingerprint density at radius 2 is 1.79 bits per heavy atom. The number of halogens is 1. The molecular formula is C19H30ClN3O. The highest BCUT2D eigenvalue weighted by Crippen LogP contribution is 2.14. The molecule has 1 aromatic carbocycles. The number of nitrogens with zero attached hydrogens (tertiary/aromatic N) is 2. The fourth-order valence-corrected chi connectivity index (χ4v) is 2.97. The average Bonchev–Trinajstić information content (AvgIpc) is 2.56. The third kappa shape index (κ3) is 5.47. The number of carbonyl (C=O) groups excluding carboxylic acids is 1. The highest BCUT2D eigenvalue weighted by Gasteiger charge is 2.28. The third-order valence-electron chi connectivity index (χ3n) is 5.00. The Morgan fingerprint density at radius 1 is 1.21 bits per heavy atom. The van der Waals surface area contributed by atoms with Gasteiger partial charge in [-0.1, -0.05) is 30.7 Å². The van der Waals surface area contributed by atoms with Crippen molar-refractivity contribution in [2.45, 2.75) is 52.2 Å². The predicted molar refractivity (Wildman–Crippen MR) is 100 cm³/mol. The molecule has 0 aliphatic carbocycles. The molecule has 1 amide bonds. The van der Waals surface area contributed by atoms with Crippen molar-refractivity contribution in [1.29, 1.82) is 0 Å². The summed E-state index contributed by atoms with van der Waals surface area (Å²) in [4.78, 5) is 17.2. The maximum Gasteiger partial charge on any atom is 0.237 e. The molecule has 5 heteroatoms. The number of amides is 1. The minimum Gasteiger partial charge on any atom is -0.350 e. The molecule has 1 unspecified atom stereocenters. The van der Waals surface area contributed by atoms with Gasteiger partial charge in [-0.2, -0.15) is 0 Å². The van der Waals surface area contributed by atoms with E-state index in [0.717, 1.165) is 44.2 Å². The van der Waals surface area contributed by atoms with E-state index in [1.807, 2.05) is 19.1 Å². The number of hydrogen-bond donors (Lipinski definition) is 1. The van der Waals surface area contributed by atoms with Gasteiger partial charge >= 0.3 is 0 Å². The van der Waals surface area contributed by atoms with Gasteiger partial charge < -0.3 is 5.32 Å². The first-order chi connectivity index (χ1) is 11.3. The molecule has 24 heavy (non-hydrogen) atoms. The lowest BCUT2D eigenvalue weighted by molar-refractivity contribution is -0.128. The van der Waals surface area contributed by atoms with Crippen LogP contribution in [0, 0.1) is 0 Å². The highest BCUT2D eigenvalue weighted by molar-refractivity contribution is 6.30. The zero-order valence-corrected chi connectivity index (χ0v) is 16.1. The van der Waals surface area contributed by atoms with Crippen LogP contribution in [0.2, 0.25) is 5.02 Å². The van der Waals surface area contributed by atoms with Crippen LogP contribution in [0.1, 0.15) is 39.7 Å². The van der Waals surface area contributed by atoms with E-state index in [9.17, 15) is 4.79 Å². The quantitative estimate of drug-likeness (QED) is 0.855. The van der Waals surface area contributed by atoms with Crippen LogP contribution in [0.15, 0.2) is 24.3 Å². The van der Waals surface area contributed by atoms with Gasteiger partial charge in [-0.15, -0.1) is 0 Å². The third-order valence-corrected chi connectivity index (χ3v) is 5.25. The molecule has 1 aliphatic heterocycles. The Labute approximate surface area is 151 Å². The molecule has 0 aromatic heterocycles. The van der Waals surface area contributed by atoms with Gasteiger partial charge in [0.25, 0.3) is 0 Å². The molecule has 0 bridgehead atoms.